The van der Waals surface area contributed by atoms with Crippen LogP contribution in [0.1, 0.15) is 32.3 Å². The summed E-state index contributed by atoms with van der Waals surface area (Å²) >= 11 is 6.02. The summed E-state index contributed by atoms with van der Waals surface area (Å²) in [6.45, 7) is 7.21. The molecule has 152 valence electrons. The van der Waals surface area contributed by atoms with E-state index < -0.39 is 0 Å². The average Bonchev–Trinajstić information content (AvgIpc) is 2.63. The predicted octanol–water partition coefficient (Wildman–Crippen LogP) is 3.68. The molecule has 8 heteroatoms. The van der Waals surface area contributed by atoms with Crippen molar-refractivity contribution in [3.63, 3.8) is 0 Å². The lowest BCUT2D eigenvalue weighted by Gasteiger charge is -2.32. The summed E-state index contributed by atoms with van der Waals surface area (Å²) in [7, 11) is 0. The van der Waals surface area contributed by atoms with Crippen LogP contribution in [0.25, 0.3) is 0 Å². The highest BCUT2D eigenvalue weighted by atomic mass is 127. The van der Waals surface area contributed by atoms with E-state index in [2.05, 4.69) is 28.6 Å². The van der Waals surface area contributed by atoms with Crippen molar-refractivity contribution in [3.05, 3.63) is 34.9 Å². The molecule has 2 N–H and O–H groups in total. The number of ether oxygens (including phenoxy) is 1. The summed E-state index contributed by atoms with van der Waals surface area (Å²) in [5, 5.41) is 7.52. The molecule has 1 saturated heterocycles. The molecule has 0 spiro atoms. The standard InChI is InChI=1S/C19H29ClN4O2.HI/c1-3-21-18(22-11-8-15-6-5-7-16(20)14-15)23-17-9-12-24(13-10-17)19(25)26-4-2;/h5-7,14,17H,3-4,8-13H2,1-2H3,(H2,21,22,23);1H. The Kier molecular flexibility index (Phi) is 11.5. The highest BCUT2D eigenvalue weighted by molar-refractivity contribution is 14.0. The van der Waals surface area contributed by atoms with Crippen LogP contribution in [0.5, 0.6) is 0 Å². The molecule has 6 nitrogen and oxygen atoms in total. The SMILES string of the molecule is CCNC(=NCCc1cccc(Cl)c1)NC1CCN(C(=O)OCC)CC1.I. The molecule has 0 bridgehead atoms. The zero-order chi connectivity index (χ0) is 18.8. The van der Waals surface area contributed by atoms with Crippen molar-refractivity contribution < 1.29 is 9.53 Å². The second-order valence-electron chi connectivity index (χ2n) is 6.25. The minimum Gasteiger partial charge on any atom is -0.450 e. The number of guanidine groups is 1. The molecule has 0 unspecified atom stereocenters. The number of carbonyl (C=O) groups is 1. The van der Waals surface area contributed by atoms with E-state index in [-0.39, 0.29) is 30.1 Å². The number of hydrogen-bond donors (Lipinski definition) is 2. The molecular weight excluding hydrogens is 479 g/mol. The Morgan fingerprint density at radius 1 is 1.33 bits per heavy atom. The van der Waals surface area contributed by atoms with Gasteiger partial charge in [-0.25, -0.2) is 4.79 Å². The number of likely N-dealkylation sites (tertiary alicyclic amines) is 1. The van der Waals surface area contributed by atoms with E-state index in [4.69, 9.17) is 16.3 Å². The third-order valence-corrected chi connectivity index (χ3v) is 4.50. The third-order valence-electron chi connectivity index (χ3n) is 4.27. The molecule has 1 heterocycles. The average molecular weight is 509 g/mol. The van der Waals surface area contributed by atoms with Crippen LogP contribution in [0.2, 0.25) is 5.02 Å². The van der Waals surface area contributed by atoms with Crippen LogP contribution in [-0.4, -0.2) is 55.8 Å². The highest BCUT2D eigenvalue weighted by Crippen LogP contribution is 2.12. The molecule has 2 rings (SSSR count). The number of carbonyl (C=O) groups excluding carboxylic acids is 1. The monoisotopic (exact) mass is 508 g/mol. The van der Waals surface area contributed by atoms with Gasteiger partial charge in [-0.3, -0.25) is 4.99 Å². The van der Waals surface area contributed by atoms with Crippen molar-refractivity contribution in [1.29, 1.82) is 0 Å². The molecule has 0 atom stereocenters. The minimum absolute atomic E-state index is 0. The first-order valence-electron chi connectivity index (χ1n) is 9.33. The first-order valence-corrected chi connectivity index (χ1v) is 9.71. The Morgan fingerprint density at radius 3 is 2.70 bits per heavy atom. The summed E-state index contributed by atoms with van der Waals surface area (Å²) in [5.41, 5.74) is 1.18. The van der Waals surface area contributed by atoms with E-state index in [1.54, 1.807) is 4.90 Å². The molecule has 1 aromatic carbocycles. The van der Waals surface area contributed by atoms with Gasteiger partial charge in [0, 0.05) is 37.2 Å². The van der Waals surface area contributed by atoms with Gasteiger partial charge in [0.05, 0.1) is 6.61 Å². The third kappa shape index (κ3) is 8.55. The van der Waals surface area contributed by atoms with Crippen LogP contribution in [0.4, 0.5) is 4.79 Å². The lowest BCUT2D eigenvalue weighted by molar-refractivity contribution is 0.0963. The van der Waals surface area contributed by atoms with E-state index >= 15 is 0 Å². The van der Waals surface area contributed by atoms with Crippen molar-refractivity contribution in [2.75, 3.05) is 32.8 Å². The molecule has 1 aromatic rings. The smallest absolute Gasteiger partial charge is 0.409 e. The summed E-state index contributed by atoms with van der Waals surface area (Å²) in [5.74, 6) is 0.823. The number of benzene rings is 1. The van der Waals surface area contributed by atoms with Crippen molar-refractivity contribution >= 4 is 47.6 Å². The first kappa shape index (κ1) is 23.8. The number of aliphatic imine (C=N–C) groups is 1. The van der Waals surface area contributed by atoms with Gasteiger partial charge in [-0.05, 0) is 50.8 Å². The topological polar surface area (TPSA) is 66.0 Å². The number of piperidine rings is 1. The fourth-order valence-corrected chi connectivity index (χ4v) is 3.14. The number of halogens is 2. The number of nitrogens with zero attached hydrogens (tertiary/aromatic N) is 2. The van der Waals surface area contributed by atoms with Gasteiger partial charge in [-0.15, -0.1) is 24.0 Å². The molecule has 1 aliphatic rings. The van der Waals surface area contributed by atoms with E-state index in [1.165, 1.54) is 5.56 Å². The van der Waals surface area contributed by atoms with Crippen LogP contribution < -0.4 is 10.6 Å². The second kappa shape index (κ2) is 13.0. The zero-order valence-electron chi connectivity index (χ0n) is 16.0. The summed E-state index contributed by atoms with van der Waals surface area (Å²) in [4.78, 5) is 18.2. The van der Waals surface area contributed by atoms with Gasteiger partial charge in [0.2, 0.25) is 0 Å². The van der Waals surface area contributed by atoms with E-state index in [1.807, 2.05) is 25.1 Å². The van der Waals surface area contributed by atoms with Gasteiger partial charge in [0.1, 0.15) is 0 Å². The maximum absolute atomic E-state index is 11.8. The molecule has 1 amide bonds. The summed E-state index contributed by atoms with van der Waals surface area (Å²) in [6, 6.07) is 8.19. The molecule has 1 fully saturated rings. The van der Waals surface area contributed by atoms with Gasteiger partial charge in [-0.2, -0.15) is 0 Å². The Hall–Kier alpha value is -1.22. The van der Waals surface area contributed by atoms with Crippen molar-refractivity contribution in [2.45, 2.75) is 39.2 Å². The number of hydrogen-bond acceptors (Lipinski definition) is 3. The van der Waals surface area contributed by atoms with Gasteiger partial charge < -0.3 is 20.3 Å². The largest absolute Gasteiger partial charge is 0.450 e. The normalized spacial score (nSPS) is 15.1. The molecule has 0 aromatic heterocycles. The van der Waals surface area contributed by atoms with Crippen molar-refractivity contribution in [3.8, 4) is 0 Å². The van der Waals surface area contributed by atoms with Gasteiger partial charge in [0.25, 0.3) is 0 Å². The van der Waals surface area contributed by atoms with Crippen molar-refractivity contribution in [2.24, 2.45) is 4.99 Å². The van der Waals surface area contributed by atoms with E-state index in [9.17, 15) is 4.79 Å². The van der Waals surface area contributed by atoms with Crippen LogP contribution in [-0.2, 0) is 11.2 Å². The molecule has 27 heavy (non-hydrogen) atoms. The number of amides is 1. The Labute approximate surface area is 184 Å². The molecule has 0 aliphatic carbocycles. The van der Waals surface area contributed by atoms with Gasteiger partial charge >= 0.3 is 6.09 Å². The highest BCUT2D eigenvalue weighted by Gasteiger charge is 2.23. The Balaban J connectivity index is 0.00000364. The fourth-order valence-electron chi connectivity index (χ4n) is 2.92. The number of rotatable bonds is 6. The molecule has 0 saturated carbocycles. The number of nitrogens with one attached hydrogen (secondary N) is 2. The lowest BCUT2D eigenvalue weighted by atomic mass is 10.1. The lowest BCUT2D eigenvalue weighted by Crippen LogP contribution is -2.50. The minimum atomic E-state index is -0.215. The maximum atomic E-state index is 11.8. The second-order valence-corrected chi connectivity index (χ2v) is 6.68. The van der Waals surface area contributed by atoms with Crippen LogP contribution in [0.15, 0.2) is 29.3 Å². The first-order chi connectivity index (χ1) is 12.6. The van der Waals surface area contributed by atoms with Crippen molar-refractivity contribution in [1.82, 2.24) is 15.5 Å². The zero-order valence-corrected chi connectivity index (χ0v) is 19.1. The molecular formula is C19H30ClIN4O2. The molecule has 1 aliphatic heterocycles. The van der Waals surface area contributed by atoms with Gasteiger partial charge in [-0.1, -0.05) is 23.7 Å². The van der Waals surface area contributed by atoms with Crippen LogP contribution >= 0.6 is 35.6 Å². The fraction of sp³-hybridized carbons (Fsp3) is 0.579. The maximum Gasteiger partial charge on any atom is 0.409 e. The Morgan fingerprint density at radius 2 is 2.07 bits per heavy atom. The van der Waals surface area contributed by atoms with Crippen LogP contribution in [0, 0.1) is 0 Å². The quantitative estimate of drug-likeness (QED) is 0.350. The van der Waals surface area contributed by atoms with Crippen LogP contribution in [0.3, 0.4) is 0 Å². The van der Waals surface area contributed by atoms with Gasteiger partial charge in [0.15, 0.2) is 5.96 Å². The van der Waals surface area contributed by atoms with E-state index in [0.717, 1.165) is 36.8 Å². The summed E-state index contributed by atoms with van der Waals surface area (Å²) in [6.07, 6.45) is 2.40. The molecule has 0 radical (unpaired) electrons. The van der Waals surface area contributed by atoms with E-state index in [0.29, 0.717) is 32.3 Å². The predicted molar refractivity (Wildman–Crippen MR) is 121 cm³/mol. The summed E-state index contributed by atoms with van der Waals surface area (Å²) < 4.78 is 5.06. The Bertz CT molecular complexity index is 607.